The maximum absolute atomic E-state index is 9.60. The molecule has 0 aromatic carbocycles. The molecule has 0 aliphatic heterocycles. The summed E-state index contributed by atoms with van der Waals surface area (Å²) < 4.78 is 3.90. The van der Waals surface area contributed by atoms with Gasteiger partial charge in [0, 0.05) is 0 Å². The Morgan fingerprint density at radius 1 is 1.70 bits per heavy atom. The van der Waals surface area contributed by atoms with E-state index in [1.807, 2.05) is 0 Å². The maximum atomic E-state index is 9.60. The van der Waals surface area contributed by atoms with Crippen molar-refractivity contribution in [1.82, 2.24) is 0 Å². The Bertz CT molecular complexity index is 103. The molecule has 0 amide bonds. The van der Waals surface area contributed by atoms with Crippen molar-refractivity contribution >= 4 is 29.2 Å². The smallest absolute Gasteiger partial charge is 1.00 e. The summed E-state index contributed by atoms with van der Waals surface area (Å²) in [7, 11) is 0. The molecule has 0 spiro atoms. The third kappa shape index (κ3) is 7.96. The first kappa shape index (κ1) is 12.6. The van der Waals surface area contributed by atoms with Gasteiger partial charge in [0.15, 0.2) is 0 Å². The molecular formula is C4H10MgO5. The van der Waals surface area contributed by atoms with E-state index in [0.29, 0.717) is 0 Å². The number of rotatable bonds is 3. The first-order valence-electron chi connectivity index (χ1n) is 2.31. The van der Waals surface area contributed by atoms with Crippen LogP contribution in [0.25, 0.3) is 0 Å². The fraction of sp³-hybridized carbons (Fsp3) is 0.750. The quantitative estimate of drug-likeness (QED) is 0.361. The number of carbonyl (C=O) groups is 1. The number of hydrogen-bond donors (Lipinski definition) is 3. The van der Waals surface area contributed by atoms with Gasteiger partial charge in [-0.3, -0.25) is 0 Å². The molecule has 0 fully saturated rings. The molecule has 1 unspecified atom stereocenters. The second-order valence-electron chi connectivity index (χ2n) is 1.41. The predicted octanol–water partition coefficient (Wildman–Crippen LogP) is -1.12. The van der Waals surface area contributed by atoms with Crippen LogP contribution in [0.1, 0.15) is 2.85 Å². The minimum Gasteiger partial charge on any atom is -1.00 e. The van der Waals surface area contributed by atoms with E-state index in [4.69, 9.17) is 15.3 Å². The Labute approximate surface area is 76.7 Å². The van der Waals surface area contributed by atoms with E-state index >= 15 is 0 Å². The van der Waals surface area contributed by atoms with Gasteiger partial charge in [0.05, 0.1) is 6.61 Å². The zero-order valence-electron chi connectivity index (χ0n) is 7.36. The third-order valence-corrected chi connectivity index (χ3v) is 0.610. The van der Waals surface area contributed by atoms with Crippen molar-refractivity contribution in [2.45, 2.75) is 6.10 Å². The van der Waals surface area contributed by atoms with Crippen LogP contribution < -0.4 is 0 Å². The molecule has 0 aliphatic rings. The third-order valence-electron chi connectivity index (χ3n) is 0.610. The molecule has 0 saturated carbocycles. The Morgan fingerprint density at radius 2 is 2.20 bits per heavy atom. The van der Waals surface area contributed by atoms with Crippen LogP contribution in [-0.2, 0) is 4.74 Å². The van der Waals surface area contributed by atoms with Crippen LogP contribution in [0.3, 0.4) is 0 Å². The van der Waals surface area contributed by atoms with Gasteiger partial charge in [0.2, 0.25) is 0 Å². The molecule has 6 heteroatoms. The standard InChI is InChI=1S/C4H8O5.Mg.2H/c5-1-3(6)2-9-4(7)8;;;/h3,5-6H,1-2H2,(H,7,8);;;/q;+2;2*-1. The van der Waals surface area contributed by atoms with Crippen LogP contribution >= 0.6 is 0 Å². The molecule has 3 N–H and O–H groups in total. The Kier molecular flexibility index (Phi) is 8.92. The number of ether oxygens (including phenoxy) is 1. The fourth-order valence-corrected chi connectivity index (χ4v) is 0.220. The van der Waals surface area contributed by atoms with Gasteiger partial charge >= 0.3 is 29.2 Å². The summed E-state index contributed by atoms with van der Waals surface area (Å²) in [5.41, 5.74) is 0. The molecule has 58 valence electrons. The average Bonchev–Trinajstić information content (AvgIpc) is 1.83. The van der Waals surface area contributed by atoms with Crippen LogP contribution in [0, 0.1) is 0 Å². The second-order valence-corrected chi connectivity index (χ2v) is 1.41. The minimum atomic E-state index is -1.46. The Morgan fingerprint density at radius 3 is 2.50 bits per heavy atom. The molecule has 10 heavy (non-hydrogen) atoms. The summed E-state index contributed by atoms with van der Waals surface area (Å²) >= 11 is 0. The summed E-state index contributed by atoms with van der Waals surface area (Å²) in [4.78, 5) is 9.60. The molecule has 1 atom stereocenters. The summed E-state index contributed by atoms with van der Waals surface area (Å²) in [6.07, 6.45) is -2.57. The molecule has 0 bridgehead atoms. The van der Waals surface area contributed by atoms with E-state index in [1.54, 1.807) is 0 Å². The number of carboxylic acid groups (broad SMARTS) is 1. The predicted molar refractivity (Wildman–Crippen MR) is 35.0 cm³/mol. The molecule has 0 aromatic heterocycles. The van der Waals surface area contributed by atoms with Crippen molar-refractivity contribution in [3.8, 4) is 0 Å². The van der Waals surface area contributed by atoms with Gasteiger partial charge in [0.25, 0.3) is 0 Å². The van der Waals surface area contributed by atoms with E-state index in [-0.39, 0.29) is 32.5 Å². The molecule has 0 aliphatic carbocycles. The fourth-order valence-electron chi connectivity index (χ4n) is 0.220. The normalized spacial score (nSPS) is 11.4. The summed E-state index contributed by atoms with van der Waals surface area (Å²) in [5, 5.41) is 24.4. The van der Waals surface area contributed by atoms with Gasteiger partial charge in [-0.25, -0.2) is 4.79 Å². The van der Waals surface area contributed by atoms with Crippen LogP contribution in [0.15, 0.2) is 0 Å². The van der Waals surface area contributed by atoms with Gasteiger partial charge in [-0.15, -0.1) is 0 Å². The van der Waals surface area contributed by atoms with Crippen molar-refractivity contribution < 1.29 is 27.7 Å². The molecule has 0 aromatic rings. The van der Waals surface area contributed by atoms with Gasteiger partial charge in [-0.1, -0.05) is 0 Å². The summed E-state index contributed by atoms with van der Waals surface area (Å²) in [5.74, 6) is 0. The van der Waals surface area contributed by atoms with E-state index in [2.05, 4.69) is 4.74 Å². The van der Waals surface area contributed by atoms with Crippen LogP contribution in [0.5, 0.6) is 0 Å². The average molecular weight is 162 g/mol. The molecule has 0 saturated heterocycles. The summed E-state index contributed by atoms with van der Waals surface area (Å²) in [6.45, 7) is -0.876. The van der Waals surface area contributed by atoms with Crippen molar-refractivity contribution in [1.29, 1.82) is 0 Å². The zero-order valence-corrected chi connectivity index (χ0v) is 6.77. The topological polar surface area (TPSA) is 87.0 Å². The van der Waals surface area contributed by atoms with Gasteiger partial charge in [-0.2, -0.15) is 0 Å². The minimum absolute atomic E-state index is 0. The molecule has 0 radical (unpaired) electrons. The monoisotopic (exact) mass is 162 g/mol. The largest absolute Gasteiger partial charge is 2.00 e. The Hall–Kier alpha value is -0.0438. The van der Waals surface area contributed by atoms with Crippen LogP contribution in [0.2, 0.25) is 0 Å². The van der Waals surface area contributed by atoms with Crippen molar-refractivity contribution in [3.05, 3.63) is 0 Å². The van der Waals surface area contributed by atoms with Gasteiger partial charge in [-0.05, 0) is 0 Å². The molecule has 0 rings (SSSR count). The zero-order chi connectivity index (χ0) is 7.28. The number of aliphatic hydroxyl groups excluding tert-OH is 2. The van der Waals surface area contributed by atoms with Gasteiger partial charge in [0.1, 0.15) is 12.7 Å². The first-order chi connectivity index (χ1) is 4.16. The second kappa shape index (κ2) is 7.07. The molecule has 0 heterocycles. The molecular weight excluding hydrogens is 152 g/mol. The number of aliphatic hydroxyl groups is 2. The van der Waals surface area contributed by atoms with Crippen molar-refractivity contribution in [2.24, 2.45) is 0 Å². The van der Waals surface area contributed by atoms with Crippen LogP contribution in [-0.4, -0.2) is 63.8 Å². The molecule has 5 nitrogen and oxygen atoms in total. The van der Waals surface area contributed by atoms with Crippen LogP contribution in [0.4, 0.5) is 4.79 Å². The maximum Gasteiger partial charge on any atom is 2.00 e. The SMILES string of the molecule is O=C(O)OCC(O)CO.[H-].[H-].[Mg+2]. The van der Waals surface area contributed by atoms with E-state index in [1.165, 1.54) is 0 Å². The van der Waals surface area contributed by atoms with Gasteiger partial charge < -0.3 is 22.9 Å². The Balaban J connectivity index is -0.000000107. The van der Waals surface area contributed by atoms with Crippen molar-refractivity contribution in [2.75, 3.05) is 13.2 Å². The van der Waals surface area contributed by atoms with E-state index in [9.17, 15) is 4.79 Å². The first-order valence-corrected chi connectivity index (χ1v) is 2.31. The van der Waals surface area contributed by atoms with E-state index < -0.39 is 18.9 Å². The van der Waals surface area contributed by atoms with Crippen molar-refractivity contribution in [3.63, 3.8) is 0 Å². The van der Waals surface area contributed by atoms with E-state index in [0.717, 1.165) is 0 Å². The number of hydrogen-bond acceptors (Lipinski definition) is 4. The summed E-state index contributed by atoms with van der Waals surface area (Å²) in [6, 6.07) is 0.